The number of fused-ring (bicyclic) bond motifs is 2. The number of hydrogen-bond acceptors (Lipinski definition) is 0. The molecule has 1 aliphatic rings. The predicted molar refractivity (Wildman–Crippen MR) is 60.7 cm³/mol. The Morgan fingerprint density at radius 1 is 1.00 bits per heavy atom. The van der Waals surface area contributed by atoms with Crippen molar-refractivity contribution in [3.05, 3.63) is 42.0 Å². The Bertz CT molecular complexity index is 500. The number of thiol groups is 1. The van der Waals surface area contributed by atoms with Gasteiger partial charge < -0.3 is 0 Å². The van der Waals surface area contributed by atoms with Crippen LogP contribution in [-0.2, 0) is 0 Å². The average molecular weight is 184 g/mol. The van der Waals surface area contributed by atoms with Crippen LogP contribution in [0.5, 0.6) is 0 Å². The van der Waals surface area contributed by atoms with E-state index in [2.05, 4.69) is 47.5 Å². The van der Waals surface area contributed by atoms with Crippen molar-refractivity contribution in [3.8, 4) is 0 Å². The molecule has 0 atom stereocenters. The van der Waals surface area contributed by atoms with Crippen molar-refractivity contribution in [2.24, 2.45) is 0 Å². The molecule has 0 radical (unpaired) electrons. The highest BCUT2D eigenvalue weighted by atomic mass is 32.1. The summed E-state index contributed by atoms with van der Waals surface area (Å²) in [6.07, 6.45) is 2.07. The molecule has 0 spiro atoms. The third-order valence-electron chi connectivity index (χ3n) is 2.30. The maximum Gasteiger partial charge on any atom is 0.0145 e. The standard InChI is InChI=1S/C12H8S/c1-2-4-10-8-12-11(5-6-13-12)7-9(10)3-1/h1-5,7-8,13H. The van der Waals surface area contributed by atoms with Crippen LogP contribution in [-0.4, -0.2) is 5.02 Å². The fraction of sp³-hybridized carbons (Fsp3) is 0. The van der Waals surface area contributed by atoms with E-state index < -0.39 is 0 Å². The molecule has 3 rings (SSSR count). The van der Waals surface area contributed by atoms with Gasteiger partial charge >= 0.3 is 0 Å². The minimum Gasteiger partial charge on any atom is -0.125 e. The molecular weight excluding hydrogens is 176 g/mol. The minimum atomic E-state index is 1.21. The van der Waals surface area contributed by atoms with Crippen molar-refractivity contribution in [1.82, 2.24) is 0 Å². The van der Waals surface area contributed by atoms with E-state index in [0.29, 0.717) is 0 Å². The zero-order valence-corrected chi connectivity index (χ0v) is 7.88. The van der Waals surface area contributed by atoms with E-state index in [0.717, 1.165) is 0 Å². The fourth-order valence-corrected chi connectivity index (χ4v) is 2.43. The third kappa shape index (κ3) is 1.06. The van der Waals surface area contributed by atoms with Gasteiger partial charge in [0, 0.05) is 4.90 Å². The topological polar surface area (TPSA) is 0 Å². The molecule has 0 amide bonds. The minimum absolute atomic E-state index is 1.21. The molecule has 13 heavy (non-hydrogen) atoms. The quantitative estimate of drug-likeness (QED) is 0.403. The molecule has 0 fully saturated rings. The van der Waals surface area contributed by atoms with E-state index in [1.807, 2.05) is 0 Å². The molecule has 1 heteroatoms. The predicted octanol–water partition coefficient (Wildman–Crippen LogP) is 3.09. The molecule has 2 aromatic carbocycles. The first kappa shape index (κ1) is 7.14. The van der Waals surface area contributed by atoms with E-state index in [-0.39, 0.29) is 0 Å². The summed E-state index contributed by atoms with van der Waals surface area (Å²) in [5.74, 6) is 0. The Hall–Kier alpha value is -1.30. The van der Waals surface area contributed by atoms with Crippen LogP contribution >= 0.6 is 11.4 Å². The van der Waals surface area contributed by atoms with Crippen LogP contribution in [0.2, 0.25) is 0 Å². The summed E-state index contributed by atoms with van der Waals surface area (Å²) in [6, 6.07) is 13.0. The zero-order chi connectivity index (χ0) is 8.67. The van der Waals surface area contributed by atoms with Gasteiger partial charge in [-0.1, -0.05) is 29.3 Å². The SMILES string of the molecule is C1=Cc2cc3ccccc3cc2[SH]=1. The maximum atomic E-state index is 3.21. The third-order valence-corrected chi connectivity index (χ3v) is 3.19. The van der Waals surface area contributed by atoms with Crippen molar-refractivity contribution >= 4 is 33.2 Å². The summed E-state index contributed by atoms with van der Waals surface area (Å²) < 4.78 is 0. The van der Waals surface area contributed by atoms with Crippen LogP contribution in [0.4, 0.5) is 0 Å². The van der Waals surface area contributed by atoms with Crippen LogP contribution in [0.15, 0.2) is 41.3 Å². The Balaban J connectivity index is 2.45. The van der Waals surface area contributed by atoms with Gasteiger partial charge in [-0.15, -0.1) is 11.4 Å². The lowest BCUT2D eigenvalue weighted by molar-refractivity contribution is 1.49. The lowest BCUT2D eigenvalue weighted by Gasteiger charge is -2.00. The molecule has 0 saturated carbocycles. The highest BCUT2D eigenvalue weighted by Crippen LogP contribution is 2.27. The molecule has 2 aromatic rings. The summed E-state index contributed by atoms with van der Waals surface area (Å²) in [5.41, 5.74) is 1.32. The number of benzene rings is 2. The fourth-order valence-electron chi connectivity index (χ4n) is 1.63. The molecule has 0 unspecified atom stereocenters. The molecule has 0 bridgehead atoms. The molecule has 0 aromatic heterocycles. The van der Waals surface area contributed by atoms with Crippen LogP contribution in [0.1, 0.15) is 5.56 Å². The molecule has 0 nitrogen and oxygen atoms in total. The van der Waals surface area contributed by atoms with E-state index >= 15 is 0 Å². The first-order valence-electron chi connectivity index (χ1n) is 4.26. The van der Waals surface area contributed by atoms with Gasteiger partial charge in [-0.3, -0.25) is 0 Å². The second-order valence-electron chi connectivity index (χ2n) is 3.14. The summed E-state index contributed by atoms with van der Waals surface area (Å²) in [5, 5.41) is 5.85. The van der Waals surface area contributed by atoms with Gasteiger partial charge in [0.05, 0.1) is 0 Å². The van der Waals surface area contributed by atoms with Crippen molar-refractivity contribution in [1.29, 1.82) is 0 Å². The Morgan fingerprint density at radius 2 is 1.77 bits per heavy atom. The first-order chi connectivity index (χ1) is 6.43. The normalized spacial score (nSPS) is 12.9. The van der Waals surface area contributed by atoms with Gasteiger partial charge in [-0.25, -0.2) is 0 Å². The van der Waals surface area contributed by atoms with Crippen LogP contribution in [0, 0.1) is 0 Å². The largest absolute Gasteiger partial charge is 0.125 e. The molecular formula is C12H8S. The molecule has 1 aliphatic heterocycles. The molecule has 1 heterocycles. The summed E-state index contributed by atoms with van der Waals surface area (Å²) in [6.45, 7) is 0. The second-order valence-corrected chi connectivity index (χ2v) is 4.11. The summed E-state index contributed by atoms with van der Waals surface area (Å²) in [4.78, 5) is 1.37. The van der Waals surface area contributed by atoms with Crippen molar-refractivity contribution in [2.75, 3.05) is 0 Å². The number of rotatable bonds is 0. The number of hydrogen-bond donors (Lipinski definition) is 1. The van der Waals surface area contributed by atoms with Crippen LogP contribution in [0.3, 0.4) is 0 Å². The van der Waals surface area contributed by atoms with E-state index in [4.69, 9.17) is 0 Å². The second kappa shape index (κ2) is 2.59. The Kier molecular flexibility index (Phi) is 1.42. The summed E-state index contributed by atoms with van der Waals surface area (Å²) >= 11 is 1.21. The van der Waals surface area contributed by atoms with Gasteiger partial charge in [-0.2, -0.15) is 0 Å². The first-order valence-corrected chi connectivity index (χ1v) is 5.15. The van der Waals surface area contributed by atoms with Crippen LogP contribution < -0.4 is 0 Å². The zero-order valence-electron chi connectivity index (χ0n) is 6.99. The van der Waals surface area contributed by atoms with E-state index in [1.54, 1.807) is 0 Å². The Morgan fingerprint density at radius 3 is 2.62 bits per heavy atom. The highest BCUT2D eigenvalue weighted by molar-refractivity contribution is 7.97. The van der Waals surface area contributed by atoms with Gasteiger partial charge in [0.1, 0.15) is 0 Å². The molecule has 0 N–H and O–H groups in total. The molecule has 0 saturated heterocycles. The lowest BCUT2D eigenvalue weighted by Crippen LogP contribution is -1.76. The monoisotopic (exact) mass is 184 g/mol. The van der Waals surface area contributed by atoms with Crippen molar-refractivity contribution in [3.63, 3.8) is 0 Å². The van der Waals surface area contributed by atoms with E-state index in [1.165, 1.54) is 32.6 Å². The van der Waals surface area contributed by atoms with Gasteiger partial charge in [0.2, 0.25) is 0 Å². The Labute approximate surface area is 80.5 Å². The molecule has 62 valence electrons. The molecule has 0 aliphatic carbocycles. The average Bonchev–Trinajstić information content (AvgIpc) is 2.61. The van der Waals surface area contributed by atoms with Crippen LogP contribution in [0.25, 0.3) is 16.8 Å². The van der Waals surface area contributed by atoms with Gasteiger partial charge in [0.25, 0.3) is 0 Å². The van der Waals surface area contributed by atoms with Crippen molar-refractivity contribution < 1.29 is 0 Å². The lowest BCUT2D eigenvalue weighted by atomic mass is 10.1. The van der Waals surface area contributed by atoms with E-state index in [9.17, 15) is 0 Å². The van der Waals surface area contributed by atoms with Gasteiger partial charge in [0.15, 0.2) is 0 Å². The highest BCUT2D eigenvalue weighted by Gasteiger charge is 2.02. The maximum absolute atomic E-state index is 3.21. The van der Waals surface area contributed by atoms with Crippen molar-refractivity contribution in [2.45, 2.75) is 4.90 Å². The summed E-state index contributed by atoms with van der Waals surface area (Å²) in [7, 11) is 0. The van der Waals surface area contributed by atoms with Gasteiger partial charge in [-0.05, 0) is 34.5 Å². The smallest absolute Gasteiger partial charge is 0.0145 e.